The Kier molecular flexibility index (Phi) is 4.75. The van der Waals surface area contributed by atoms with Crippen molar-refractivity contribution >= 4 is 40.3 Å². The Morgan fingerprint density at radius 1 is 1.33 bits per heavy atom. The molecule has 2 nitrogen and oxygen atoms in total. The predicted molar refractivity (Wildman–Crippen MR) is 75.8 cm³/mol. The number of rotatable bonds is 5. The molecule has 2 aromatic rings. The van der Waals surface area contributed by atoms with Crippen molar-refractivity contribution in [2.75, 3.05) is 0 Å². The summed E-state index contributed by atoms with van der Waals surface area (Å²) in [4.78, 5) is 16.1. The topological polar surface area (TPSA) is 30.0 Å². The maximum Gasteiger partial charge on any atom is 0.164 e. The third-order valence-corrected chi connectivity index (χ3v) is 3.90. The van der Waals surface area contributed by atoms with Crippen LogP contribution in [0.25, 0.3) is 0 Å². The third kappa shape index (κ3) is 3.55. The number of thiazole rings is 1. The molecule has 0 saturated carbocycles. The van der Waals surface area contributed by atoms with E-state index in [1.54, 1.807) is 35.7 Å². The lowest BCUT2D eigenvalue weighted by Crippen LogP contribution is -2.00. The first-order valence-electron chi connectivity index (χ1n) is 5.53. The molecular weight excluding hydrogens is 289 g/mol. The second-order valence-corrected chi connectivity index (χ2v) is 5.65. The second kappa shape index (κ2) is 6.32. The summed E-state index contributed by atoms with van der Waals surface area (Å²) in [6, 6.07) is 4.95. The maximum atomic E-state index is 12.0. The van der Waals surface area contributed by atoms with E-state index < -0.39 is 0 Å². The maximum absolute atomic E-state index is 12.0. The summed E-state index contributed by atoms with van der Waals surface area (Å²) >= 11 is 13.4. The molecule has 5 heteroatoms. The monoisotopic (exact) mass is 299 g/mol. The zero-order valence-corrected chi connectivity index (χ0v) is 11.9. The van der Waals surface area contributed by atoms with Gasteiger partial charge in [0, 0.05) is 28.6 Å². The van der Waals surface area contributed by atoms with E-state index in [0.29, 0.717) is 22.0 Å². The zero-order valence-electron chi connectivity index (χ0n) is 9.53. The second-order valence-electron chi connectivity index (χ2n) is 3.83. The number of nitrogens with zero attached hydrogens (tertiary/aromatic N) is 1. The summed E-state index contributed by atoms with van der Waals surface area (Å²) in [5.74, 6) is 0.0493. The van der Waals surface area contributed by atoms with Gasteiger partial charge in [0.05, 0.1) is 10.0 Å². The van der Waals surface area contributed by atoms with Crippen molar-refractivity contribution in [2.24, 2.45) is 0 Å². The summed E-state index contributed by atoms with van der Waals surface area (Å²) in [6.45, 7) is 0. The van der Waals surface area contributed by atoms with Crippen LogP contribution in [0.5, 0.6) is 0 Å². The average Bonchev–Trinajstić information content (AvgIpc) is 2.81. The molecule has 0 aliphatic carbocycles. The van der Waals surface area contributed by atoms with Gasteiger partial charge in [-0.05, 0) is 31.0 Å². The molecule has 1 aromatic heterocycles. The molecule has 0 amide bonds. The first-order valence-corrected chi connectivity index (χ1v) is 7.17. The van der Waals surface area contributed by atoms with E-state index >= 15 is 0 Å². The summed E-state index contributed by atoms with van der Waals surface area (Å²) < 4.78 is 0. The first kappa shape index (κ1) is 13.5. The molecule has 1 heterocycles. The molecule has 0 atom stereocenters. The number of ketones is 1. The summed E-state index contributed by atoms with van der Waals surface area (Å²) in [5, 5.41) is 3.96. The van der Waals surface area contributed by atoms with E-state index in [-0.39, 0.29) is 5.78 Å². The number of hydrogen-bond donors (Lipinski definition) is 0. The number of carbonyl (C=O) groups is 1. The van der Waals surface area contributed by atoms with Crippen molar-refractivity contribution in [3.8, 4) is 0 Å². The molecule has 94 valence electrons. The number of benzene rings is 1. The van der Waals surface area contributed by atoms with Gasteiger partial charge in [0.2, 0.25) is 0 Å². The molecule has 0 unspecified atom stereocenters. The fourth-order valence-electron chi connectivity index (χ4n) is 1.63. The van der Waals surface area contributed by atoms with E-state index in [1.807, 2.05) is 5.38 Å². The Hall–Kier alpha value is -0.900. The highest BCUT2D eigenvalue weighted by molar-refractivity contribution is 7.09. The Morgan fingerprint density at radius 3 is 2.83 bits per heavy atom. The highest BCUT2D eigenvalue weighted by atomic mass is 35.5. The highest BCUT2D eigenvalue weighted by Gasteiger charge is 2.10. The van der Waals surface area contributed by atoms with Gasteiger partial charge >= 0.3 is 0 Å². The quantitative estimate of drug-likeness (QED) is 0.752. The summed E-state index contributed by atoms with van der Waals surface area (Å²) in [7, 11) is 0. The van der Waals surface area contributed by atoms with Crippen LogP contribution in [0.2, 0.25) is 10.0 Å². The standard InChI is InChI=1S/C13H11Cl2NOS/c14-9-4-5-10(11(15)8-9)12(17)2-1-3-13-16-6-7-18-13/h4-8H,1-3H2. The fourth-order valence-corrected chi connectivity index (χ4v) is 2.80. The Morgan fingerprint density at radius 2 is 2.17 bits per heavy atom. The molecule has 0 aliphatic rings. The summed E-state index contributed by atoms with van der Waals surface area (Å²) in [6.07, 6.45) is 3.86. The number of aryl methyl sites for hydroxylation is 1. The third-order valence-electron chi connectivity index (χ3n) is 2.51. The van der Waals surface area contributed by atoms with Crippen LogP contribution in [-0.2, 0) is 6.42 Å². The lowest BCUT2D eigenvalue weighted by Gasteiger charge is -2.03. The number of halogens is 2. The molecule has 0 saturated heterocycles. The minimum absolute atomic E-state index is 0.0493. The van der Waals surface area contributed by atoms with E-state index in [9.17, 15) is 4.79 Å². The smallest absolute Gasteiger partial charge is 0.164 e. The van der Waals surface area contributed by atoms with Crippen LogP contribution < -0.4 is 0 Å². The average molecular weight is 300 g/mol. The minimum atomic E-state index is 0.0493. The number of Topliss-reactive ketones (excluding diaryl/α,β-unsaturated/α-hetero) is 1. The molecule has 18 heavy (non-hydrogen) atoms. The van der Waals surface area contributed by atoms with Gasteiger partial charge in [-0.1, -0.05) is 23.2 Å². The van der Waals surface area contributed by atoms with Crippen molar-refractivity contribution in [2.45, 2.75) is 19.3 Å². The predicted octanol–water partition coefficient (Wildman–Crippen LogP) is 4.66. The molecule has 1 aromatic carbocycles. The zero-order chi connectivity index (χ0) is 13.0. The molecule has 0 bridgehead atoms. The van der Waals surface area contributed by atoms with Crippen molar-refractivity contribution in [1.82, 2.24) is 4.98 Å². The van der Waals surface area contributed by atoms with Crippen LogP contribution in [0.4, 0.5) is 0 Å². The van der Waals surface area contributed by atoms with Gasteiger partial charge in [0.25, 0.3) is 0 Å². The van der Waals surface area contributed by atoms with Crippen molar-refractivity contribution in [1.29, 1.82) is 0 Å². The van der Waals surface area contributed by atoms with Crippen LogP contribution in [-0.4, -0.2) is 10.8 Å². The van der Waals surface area contributed by atoms with Crippen molar-refractivity contribution < 1.29 is 4.79 Å². The molecule has 0 radical (unpaired) electrons. The van der Waals surface area contributed by atoms with Gasteiger partial charge in [-0.25, -0.2) is 4.98 Å². The largest absolute Gasteiger partial charge is 0.294 e. The number of aromatic nitrogens is 1. The van der Waals surface area contributed by atoms with Gasteiger partial charge in [-0.2, -0.15) is 0 Å². The number of hydrogen-bond acceptors (Lipinski definition) is 3. The Bertz CT molecular complexity index is 540. The van der Waals surface area contributed by atoms with E-state index in [4.69, 9.17) is 23.2 Å². The molecule has 0 fully saturated rings. The number of carbonyl (C=O) groups excluding carboxylic acids is 1. The van der Waals surface area contributed by atoms with Crippen LogP contribution >= 0.6 is 34.5 Å². The molecule has 0 spiro atoms. The lowest BCUT2D eigenvalue weighted by molar-refractivity contribution is 0.0980. The van der Waals surface area contributed by atoms with Gasteiger partial charge in [0.1, 0.15) is 0 Å². The first-order chi connectivity index (χ1) is 8.66. The minimum Gasteiger partial charge on any atom is -0.294 e. The molecule has 0 N–H and O–H groups in total. The van der Waals surface area contributed by atoms with E-state index in [1.165, 1.54) is 0 Å². The fraction of sp³-hybridized carbons (Fsp3) is 0.231. The van der Waals surface area contributed by atoms with Gasteiger partial charge < -0.3 is 0 Å². The molecular formula is C13H11Cl2NOS. The van der Waals surface area contributed by atoms with E-state index in [0.717, 1.165) is 17.8 Å². The van der Waals surface area contributed by atoms with Gasteiger partial charge in [0.15, 0.2) is 5.78 Å². The van der Waals surface area contributed by atoms with Gasteiger partial charge in [-0.3, -0.25) is 4.79 Å². The Balaban J connectivity index is 1.91. The Labute approximate surface area is 120 Å². The van der Waals surface area contributed by atoms with Crippen LogP contribution in [0.1, 0.15) is 28.2 Å². The molecule has 0 aliphatic heterocycles. The van der Waals surface area contributed by atoms with Gasteiger partial charge in [-0.15, -0.1) is 11.3 Å². The molecule has 2 rings (SSSR count). The van der Waals surface area contributed by atoms with Crippen LogP contribution in [0.15, 0.2) is 29.8 Å². The van der Waals surface area contributed by atoms with E-state index in [2.05, 4.69) is 4.98 Å². The van der Waals surface area contributed by atoms with Crippen molar-refractivity contribution in [3.63, 3.8) is 0 Å². The highest BCUT2D eigenvalue weighted by Crippen LogP contribution is 2.22. The normalized spacial score (nSPS) is 10.6. The summed E-state index contributed by atoms with van der Waals surface area (Å²) in [5.41, 5.74) is 0.542. The van der Waals surface area contributed by atoms with Crippen LogP contribution in [0.3, 0.4) is 0 Å². The lowest BCUT2D eigenvalue weighted by atomic mass is 10.1. The van der Waals surface area contributed by atoms with Crippen LogP contribution in [0, 0.1) is 0 Å². The van der Waals surface area contributed by atoms with Crippen molar-refractivity contribution in [3.05, 3.63) is 50.4 Å². The SMILES string of the molecule is O=C(CCCc1nccs1)c1ccc(Cl)cc1Cl.